The van der Waals surface area contributed by atoms with Gasteiger partial charge >= 0.3 is 0 Å². The number of rotatable bonds is 5. The molecule has 1 atom stereocenters. The Morgan fingerprint density at radius 2 is 1.97 bits per heavy atom. The second kappa shape index (κ2) is 9.38. The predicted octanol–water partition coefficient (Wildman–Crippen LogP) is 2.69. The molecule has 0 spiro atoms. The zero-order valence-corrected chi connectivity index (χ0v) is 19.6. The first-order valence-corrected chi connectivity index (χ1v) is 9.85. The zero-order chi connectivity index (χ0) is 22.2. The zero-order valence-electron chi connectivity index (χ0n) is 16.0. The van der Waals surface area contributed by atoms with Crippen LogP contribution in [0.2, 0.25) is 5.02 Å². The van der Waals surface area contributed by atoms with E-state index in [2.05, 4.69) is 15.3 Å². The third-order valence-electron chi connectivity index (χ3n) is 3.96. The SMILES string of the molecule is CC1=NN(c2cccc(Cl)c2)C(=O)C1N=Nc1cc([N+](=O)[O-])cc(S(=O)(=O)O)c1O.[Na]. The second-order valence-corrected chi connectivity index (χ2v) is 7.86. The number of nitro benzene ring substituents is 1. The predicted molar refractivity (Wildman–Crippen MR) is 111 cm³/mol. The summed E-state index contributed by atoms with van der Waals surface area (Å²) in [6.07, 6.45) is 0. The Hall–Kier alpha value is -2.42. The third-order valence-corrected chi connectivity index (χ3v) is 5.06. The summed E-state index contributed by atoms with van der Waals surface area (Å²) >= 11 is 5.91. The van der Waals surface area contributed by atoms with Crippen LogP contribution in [0.1, 0.15) is 6.92 Å². The van der Waals surface area contributed by atoms with E-state index in [0.717, 1.165) is 11.1 Å². The second-order valence-electron chi connectivity index (χ2n) is 6.03. The molecule has 1 amide bonds. The van der Waals surface area contributed by atoms with Gasteiger partial charge in [-0.25, -0.2) is 0 Å². The number of phenols is 1. The van der Waals surface area contributed by atoms with Crippen LogP contribution in [0.3, 0.4) is 0 Å². The molecule has 157 valence electrons. The number of carbonyl (C=O) groups excluding carboxylic acids is 1. The molecule has 1 unspecified atom stereocenters. The summed E-state index contributed by atoms with van der Waals surface area (Å²) in [5.41, 5.74) is -0.795. The van der Waals surface area contributed by atoms with Crippen molar-refractivity contribution in [1.29, 1.82) is 0 Å². The molecule has 1 aliphatic heterocycles. The molecular weight excluding hydrogens is 465 g/mol. The quantitative estimate of drug-likeness (QED) is 0.219. The van der Waals surface area contributed by atoms with Gasteiger partial charge in [-0.1, -0.05) is 17.7 Å². The standard InChI is InChI=1S/C16H12ClN5O7S.Na/c1-8-14(16(24)21(20-8)10-4-2-3-9(17)5-10)19-18-12-6-11(22(25)26)7-13(15(12)23)30(27,28)29;/h2-7,14,23H,1H3,(H,27,28,29);. The van der Waals surface area contributed by atoms with E-state index in [-0.39, 0.29) is 35.3 Å². The van der Waals surface area contributed by atoms with E-state index in [1.807, 2.05) is 0 Å². The molecule has 1 aliphatic rings. The van der Waals surface area contributed by atoms with Gasteiger partial charge in [-0.05, 0) is 25.1 Å². The Morgan fingerprint density at radius 3 is 2.55 bits per heavy atom. The third kappa shape index (κ3) is 5.26. The maximum Gasteiger partial charge on any atom is 0.298 e. The van der Waals surface area contributed by atoms with E-state index in [0.29, 0.717) is 16.8 Å². The van der Waals surface area contributed by atoms with Gasteiger partial charge in [0.1, 0.15) is 10.6 Å². The molecule has 0 bridgehead atoms. The van der Waals surface area contributed by atoms with Gasteiger partial charge < -0.3 is 5.11 Å². The first kappa shape index (κ1) is 24.8. The smallest absolute Gasteiger partial charge is 0.298 e. The molecule has 0 saturated carbocycles. The van der Waals surface area contributed by atoms with E-state index >= 15 is 0 Å². The molecule has 1 radical (unpaired) electrons. The Bertz CT molecular complexity index is 1230. The number of benzene rings is 2. The van der Waals surface area contributed by atoms with Crippen molar-refractivity contribution in [3.05, 3.63) is 51.5 Å². The molecule has 2 N–H and O–H groups in total. The van der Waals surface area contributed by atoms with Crippen molar-refractivity contribution >= 4 is 80.0 Å². The van der Waals surface area contributed by atoms with Crippen LogP contribution in [0, 0.1) is 10.1 Å². The van der Waals surface area contributed by atoms with Gasteiger partial charge in [0, 0.05) is 46.7 Å². The number of aromatic hydroxyl groups is 1. The number of amides is 1. The summed E-state index contributed by atoms with van der Waals surface area (Å²) in [6.45, 7) is 1.49. The van der Waals surface area contributed by atoms with Crippen LogP contribution in [0.4, 0.5) is 17.1 Å². The number of hydrogen-bond donors (Lipinski definition) is 2. The average Bonchev–Trinajstić information content (AvgIpc) is 2.93. The minimum absolute atomic E-state index is 0. The van der Waals surface area contributed by atoms with E-state index in [1.54, 1.807) is 18.2 Å². The van der Waals surface area contributed by atoms with Crippen molar-refractivity contribution in [2.45, 2.75) is 17.9 Å². The van der Waals surface area contributed by atoms with Crippen molar-refractivity contribution in [2.24, 2.45) is 15.3 Å². The van der Waals surface area contributed by atoms with E-state index in [4.69, 9.17) is 11.6 Å². The molecule has 31 heavy (non-hydrogen) atoms. The van der Waals surface area contributed by atoms with E-state index in [9.17, 15) is 33.0 Å². The molecule has 2 aromatic carbocycles. The summed E-state index contributed by atoms with van der Waals surface area (Å²) in [7, 11) is -4.99. The fraction of sp³-hybridized carbons (Fsp3) is 0.125. The molecule has 12 nitrogen and oxygen atoms in total. The average molecular weight is 477 g/mol. The first-order chi connectivity index (χ1) is 14.0. The van der Waals surface area contributed by atoms with Crippen LogP contribution in [-0.2, 0) is 14.9 Å². The largest absolute Gasteiger partial charge is 0.504 e. The minimum atomic E-state index is -4.99. The van der Waals surface area contributed by atoms with Gasteiger partial charge in [-0.15, -0.1) is 0 Å². The Morgan fingerprint density at radius 1 is 1.29 bits per heavy atom. The number of azo groups is 1. The maximum atomic E-state index is 12.6. The molecule has 0 saturated heterocycles. The van der Waals surface area contributed by atoms with Gasteiger partial charge in [-0.2, -0.15) is 28.8 Å². The molecule has 3 rings (SSSR count). The van der Waals surface area contributed by atoms with Crippen molar-refractivity contribution in [1.82, 2.24) is 0 Å². The number of nitrogens with zero attached hydrogens (tertiary/aromatic N) is 5. The number of anilines is 1. The van der Waals surface area contributed by atoms with Gasteiger partial charge in [-0.3, -0.25) is 19.5 Å². The monoisotopic (exact) mass is 476 g/mol. The topological polar surface area (TPSA) is 175 Å². The summed E-state index contributed by atoms with van der Waals surface area (Å²) in [5, 5.41) is 33.9. The molecule has 15 heteroatoms. The molecule has 2 aromatic rings. The minimum Gasteiger partial charge on any atom is -0.504 e. The van der Waals surface area contributed by atoms with E-state index in [1.165, 1.54) is 13.0 Å². The molecule has 0 aromatic heterocycles. The first-order valence-electron chi connectivity index (χ1n) is 8.03. The molecule has 0 fully saturated rings. The van der Waals surface area contributed by atoms with Gasteiger partial charge in [0.25, 0.3) is 21.7 Å². The van der Waals surface area contributed by atoms with Crippen LogP contribution in [-0.4, -0.2) is 70.2 Å². The maximum absolute atomic E-state index is 12.6. The Labute approximate surface area is 202 Å². The number of non-ortho nitro benzene ring substituents is 1. The molecular formula is C16H12ClN5NaO7S. The van der Waals surface area contributed by atoms with Gasteiger partial charge in [0.2, 0.25) is 0 Å². The summed E-state index contributed by atoms with van der Waals surface area (Å²) in [4.78, 5) is 21.6. The van der Waals surface area contributed by atoms with Gasteiger partial charge in [0.05, 0.1) is 16.3 Å². The van der Waals surface area contributed by atoms with Crippen molar-refractivity contribution in [3.8, 4) is 5.75 Å². The Kier molecular flexibility index (Phi) is 7.52. The fourth-order valence-corrected chi connectivity index (χ4v) is 3.36. The fourth-order valence-electron chi connectivity index (χ4n) is 2.56. The van der Waals surface area contributed by atoms with Crippen LogP contribution < -0.4 is 5.01 Å². The van der Waals surface area contributed by atoms with Crippen molar-refractivity contribution < 1.29 is 27.8 Å². The normalized spacial score (nSPS) is 16.4. The summed E-state index contributed by atoms with van der Waals surface area (Å²) in [5.74, 6) is -1.67. The number of carbonyl (C=O) groups is 1. The van der Waals surface area contributed by atoms with Crippen LogP contribution >= 0.6 is 11.6 Å². The van der Waals surface area contributed by atoms with Gasteiger partial charge in [0.15, 0.2) is 11.8 Å². The molecule has 1 heterocycles. The van der Waals surface area contributed by atoms with Crippen molar-refractivity contribution in [2.75, 3.05) is 5.01 Å². The molecule has 0 aliphatic carbocycles. The number of phenolic OH excluding ortho intramolecular Hbond substituents is 1. The summed E-state index contributed by atoms with van der Waals surface area (Å²) in [6, 6.07) is 6.30. The number of nitro groups is 1. The number of hydrogen-bond acceptors (Lipinski definition) is 9. The van der Waals surface area contributed by atoms with Crippen molar-refractivity contribution in [3.63, 3.8) is 0 Å². The Balaban J connectivity index is 0.00000341. The number of halogens is 1. The van der Waals surface area contributed by atoms with Crippen LogP contribution in [0.15, 0.2) is 56.6 Å². The number of hydrazone groups is 1. The van der Waals surface area contributed by atoms with Crippen LogP contribution in [0.25, 0.3) is 0 Å². The van der Waals surface area contributed by atoms with Crippen LogP contribution in [0.5, 0.6) is 5.75 Å². The van der Waals surface area contributed by atoms with E-state index < -0.39 is 49.0 Å². The summed E-state index contributed by atoms with van der Waals surface area (Å²) < 4.78 is 31.9.